The van der Waals surface area contributed by atoms with E-state index in [9.17, 15) is 13.6 Å². The molecule has 1 aromatic rings. The molecule has 4 nitrogen and oxygen atoms in total. The number of hydrogen-bond donors (Lipinski definition) is 1. The predicted octanol–water partition coefficient (Wildman–Crippen LogP) is 1.47. The largest absolute Gasteiger partial charge is 0.465 e. The minimum Gasteiger partial charge on any atom is -0.465 e. The van der Waals surface area contributed by atoms with Gasteiger partial charge in [-0.2, -0.15) is 0 Å². The van der Waals surface area contributed by atoms with Gasteiger partial charge >= 0.3 is 5.97 Å². The zero-order valence-electron chi connectivity index (χ0n) is 11.4. The second-order valence-corrected chi connectivity index (χ2v) is 4.64. The Labute approximate surface area is 116 Å². The van der Waals surface area contributed by atoms with Crippen LogP contribution in [-0.2, 0) is 9.53 Å². The lowest BCUT2D eigenvalue weighted by Gasteiger charge is -2.33. The molecule has 1 aliphatic heterocycles. The summed E-state index contributed by atoms with van der Waals surface area (Å²) in [5.41, 5.74) is 0.294. The first-order valence-electron chi connectivity index (χ1n) is 6.69. The Morgan fingerprint density at radius 3 is 2.45 bits per heavy atom. The van der Waals surface area contributed by atoms with Crippen molar-refractivity contribution in [2.45, 2.75) is 13.0 Å². The first-order valence-corrected chi connectivity index (χ1v) is 6.69. The molecule has 0 bridgehead atoms. The third-order valence-electron chi connectivity index (χ3n) is 3.23. The van der Waals surface area contributed by atoms with Gasteiger partial charge in [0.2, 0.25) is 0 Å². The minimum atomic E-state index is -0.762. The van der Waals surface area contributed by atoms with Crippen molar-refractivity contribution in [1.29, 1.82) is 0 Å². The highest BCUT2D eigenvalue weighted by Gasteiger charge is 2.30. The lowest BCUT2D eigenvalue weighted by molar-refractivity contribution is -0.150. The number of benzene rings is 1. The number of carbonyl (C=O) groups excluding carboxylic acids is 1. The molecule has 20 heavy (non-hydrogen) atoms. The zero-order chi connectivity index (χ0) is 14.5. The molecule has 1 atom stereocenters. The summed E-state index contributed by atoms with van der Waals surface area (Å²) in [4.78, 5) is 14.0. The number of ether oxygens (including phenoxy) is 1. The van der Waals surface area contributed by atoms with Crippen LogP contribution in [0.15, 0.2) is 18.2 Å². The van der Waals surface area contributed by atoms with Crippen molar-refractivity contribution < 1.29 is 18.3 Å². The van der Waals surface area contributed by atoms with Gasteiger partial charge in [-0.25, -0.2) is 13.6 Å². The molecule has 1 aromatic carbocycles. The van der Waals surface area contributed by atoms with Gasteiger partial charge in [0.25, 0.3) is 0 Å². The quantitative estimate of drug-likeness (QED) is 0.850. The number of esters is 1. The molecular formula is C14H18F2N2O2. The molecule has 1 saturated heterocycles. The average Bonchev–Trinajstić information content (AvgIpc) is 2.39. The number of carbonyl (C=O) groups is 1. The molecule has 0 saturated carbocycles. The van der Waals surface area contributed by atoms with Gasteiger partial charge in [-0.3, -0.25) is 4.90 Å². The Morgan fingerprint density at radius 2 is 1.90 bits per heavy atom. The number of halogens is 2. The van der Waals surface area contributed by atoms with E-state index in [4.69, 9.17) is 4.74 Å². The number of rotatable bonds is 4. The normalized spacial score (nSPS) is 17.8. The Bertz CT molecular complexity index is 456. The standard InChI is InChI=1S/C14H18F2N2O2/c1-2-20-14(19)13(18-5-3-17-4-6-18)10-7-11(15)9-12(16)8-10/h7-9,13,17H,2-6H2,1H3. The van der Waals surface area contributed by atoms with Gasteiger partial charge in [0, 0.05) is 32.2 Å². The molecule has 0 aliphatic carbocycles. The molecule has 2 rings (SSSR count). The van der Waals surface area contributed by atoms with Crippen LogP contribution in [0, 0.1) is 11.6 Å². The van der Waals surface area contributed by atoms with E-state index in [1.807, 2.05) is 4.90 Å². The van der Waals surface area contributed by atoms with Crippen LogP contribution in [-0.4, -0.2) is 43.7 Å². The molecule has 1 heterocycles. The molecule has 0 radical (unpaired) electrons. The van der Waals surface area contributed by atoms with Crippen LogP contribution in [0.2, 0.25) is 0 Å². The van der Waals surface area contributed by atoms with E-state index in [0.29, 0.717) is 18.7 Å². The van der Waals surface area contributed by atoms with Gasteiger partial charge < -0.3 is 10.1 Å². The Hall–Kier alpha value is -1.53. The Balaban J connectivity index is 2.31. The van der Waals surface area contributed by atoms with Crippen LogP contribution in [0.5, 0.6) is 0 Å². The molecule has 1 N–H and O–H groups in total. The SMILES string of the molecule is CCOC(=O)C(c1cc(F)cc(F)c1)N1CCNCC1. The highest BCUT2D eigenvalue weighted by molar-refractivity contribution is 5.77. The summed E-state index contributed by atoms with van der Waals surface area (Å²) in [5.74, 6) is -1.85. The van der Waals surface area contributed by atoms with E-state index in [1.54, 1.807) is 6.92 Å². The van der Waals surface area contributed by atoms with Crippen LogP contribution in [0.25, 0.3) is 0 Å². The van der Waals surface area contributed by atoms with Gasteiger partial charge in [-0.05, 0) is 24.6 Å². The summed E-state index contributed by atoms with van der Waals surface area (Å²) in [6.45, 7) is 4.66. The topological polar surface area (TPSA) is 41.6 Å². The van der Waals surface area contributed by atoms with E-state index in [2.05, 4.69) is 5.32 Å². The van der Waals surface area contributed by atoms with Crippen molar-refractivity contribution in [2.75, 3.05) is 32.8 Å². The predicted molar refractivity (Wildman–Crippen MR) is 70.2 cm³/mol. The highest BCUT2D eigenvalue weighted by Crippen LogP contribution is 2.24. The van der Waals surface area contributed by atoms with Crippen LogP contribution >= 0.6 is 0 Å². The fourth-order valence-electron chi connectivity index (χ4n) is 2.39. The summed E-state index contributed by atoms with van der Waals surface area (Å²) in [6, 6.07) is 2.41. The van der Waals surface area contributed by atoms with Gasteiger partial charge in [0.05, 0.1) is 6.61 Å². The molecule has 1 fully saturated rings. The van der Waals surface area contributed by atoms with E-state index < -0.39 is 23.6 Å². The molecular weight excluding hydrogens is 266 g/mol. The maximum atomic E-state index is 13.4. The van der Waals surface area contributed by atoms with E-state index in [-0.39, 0.29) is 6.61 Å². The fraction of sp³-hybridized carbons (Fsp3) is 0.500. The summed E-state index contributed by atoms with van der Waals surface area (Å²) < 4.78 is 31.8. The summed E-state index contributed by atoms with van der Waals surface area (Å²) in [5, 5.41) is 3.17. The van der Waals surface area contributed by atoms with Gasteiger partial charge in [-0.15, -0.1) is 0 Å². The van der Waals surface area contributed by atoms with Crippen molar-refractivity contribution in [1.82, 2.24) is 10.2 Å². The number of hydrogen-bond acceptors (Lipinski definition) is 4. The fourth-order valence-corrected chi connectivity index (χ4v) is 2.39. The van der Waals surface area contributed by atoms with Crippen LogP contribution in [0.1, 0.15) is 18.5 Å². The van der Waals surface area contributed by atoms with E-state index >= 15 is 0 Å². The monoisotopic (exact) mass is 284 g/mol. The van der Waals surface area contributed by atoms with Crippen LogP contribution < -0.4 is 5.32 Å². The highest BCUT2D eigenvalue weighted by atomic mass is 19.1. The average molecular weight is 284 g/mol. The number of nitrogens with one attached hydrogen (secondary N) is 1. The maximum Gasteiger partial charge on any atom is 0.328 e. The summed E-state index contributed by atoms with van der Waals surface area (Å²) in [6.07, 6.45) is 0. The van der Waals surface area contributed by atoms with Gasteiger partial charge in [0.15, 0.2) is 0 Å². The molecule has 1 unspecified atom stereocenters. The van der Waals surface area contributed by atoms with Gasteiger partial charge in [-0.1, -0.05) is 0 Å². The Kier molecular flexibility index (Phi) is 5.03. The van der Waals surface area contributed by atoms with E-state index in [0.717, 1.165) is 19.2 Å². The Morgan fingerprint density at radius 1 is 1.30 bits per heavy atom. The molecule has 0 aromatic heterocycles. The molecule has 6 heteroatoms. The third-order valence-corrected chi connectivity index (χ3v) is 3.23. The second kappa shape index (κ2) is 6.76. The van der Waals surface area contributed by atoms with Crippen molar-refractivity contribution >= 4 is 5.97 Å². The first-order chi connectivity index (χ1) is 9.61. The van der Waals surface area contributed by atoms with Crippen molar-refractivity contribution in [2.24, 2.45) is 0 Å². The van der Waals surface area contributed by atoms with Crippen LogP contribution in [0.3, 0.4) is 0 Å². The summed E-state index contributed by atoms with van der Waals surface area (Å²) in [7, 11) is 0. The van der Waals surface area contributed by atoms with Gasteiger partial charge in [0.1, 0.15) is 17.7 Å². The minimum absolute atomic E-state index is 0.235. The zero-order valence-corrected chi connectivity index (χ0v) is 11.4. The van der Waals surface area contributed by atoms with Crippen LogP contribution in [0.4, 0.5) is 8.78 Å². The maximum absolute atomic E-state index is 13.4. The summed E-state index contributed by atoms with van der Waals surface area (Å²) >= 11 is 0. The number of piperazine rings is 1. The second-order valence-electron chi connectivity index (χ2n) is 4.64. The van der Waals surface area contributed by atoms with Crippen molar-refractivity contribution in [3.05, 3.63) is 35.4 Å². The molecule has 110 valence electrons. The van der Waals surface area contributed by atoms with Crippen molar-refractivity contribution in [3.63, 3.8) is 0 Å². The van der Waals surface area contributed by atoms with Crippen molar-refractivity contribution in [3.8, 4) is 0 Å². The lowest BCUT2D eigenvalue weighted by atomic mass is 10.0. The first kappa shape index (κ1) is 14.9. The third kappa shape index (κ3) is 3.52. The van der Waals surface area contributed by atoms with E-state index in [1.165, 1.54) is 12.1 Å². The molecule has 0 spiro atoms. The molecule has 1 aliphatic rings. The smallest absolute Gasteiger partial charge is 0.328 e. The lowest BCUT2D eigenvalue weighted by Crippen LogP contribution is -2.47. The molecule has 0 amide bonds. The number of nitrogens with zero attached hydrogens (tertiary/aromatic N) is 1.